The van der Waals surface area contributed by atoms with E-state index in [-0.39, 0.29) is 6.42 Å². The number of hydrogen-bond donors (Lipinski definition) is 3. The van der Waals surface area contributed by atoms with Crippen LogP contribution in [0.1, 0.15) is 19.8 Å². The Labute approximate surface area is 80.2 Å². The van der Waals surface area contributed by atoms with Gasteiger partial charge in [0.1, 0.15) is 0 Å². The van der Waals surface area contributed by atoms with E-state index in [0.29, 0.717) is 6.42 Å². The normalized spacial score (nSPS) is 12.4. The maximum Gasteiger partial charge on any atom is 0.318 e. The molecule has 80 valence electrons. The second-order valence-corrected chi connectivity index (χ2v) is 2.89. The Hall–Kier alpha value is -1.59. The summed E-state index contributed by atoms with van der Waals surface area (Å²) in [5.74, 6) is -7.85. The molecular weight excluding hydrogens is 192 g/mol. The molecule has 1 atom stereocenters. The highest BCUT2D eigenvalue weighted by molar-refractivity contribution is 5.97. The van der Waals surface area contributed by atoms with Crippen LogP contribution in [-0.4, -0.2) is 33.2 Å². The predicted molar refractivity (Wildman–Crippen MR) is 44.8 cm³/mol. The van der Waals surface area contributed by atoms with Crippen LogP contribution in [0.5, 0.6) is 0 Å². The van der Waals surface area contributed by atoms with Gasteiger partial charge in [0.25, 0.3) is 0 Å². The molecule has 6 nitrogen and oxygen atoms in total. The summed E-state index contributed by atoms with van der Waals surface area (Å²) in [6.45, 7) is 1.66. The second-order valence-electron chi connectivity index (χ2n) is 2.89. The minimum Gasteiger partial charge on any atom is -0.481 e. The van der Waals surface area contributed by atoms with Crippen molar-refractivity contribution >= 4 is 17.9 Å². The summed E-state index contributed by atoms with van der Waals surface area (Å²) in [5, 5.41) is 25.7. The largest absolute Gasteiger partial charge is 0.481 e. The standard InChI is InChI=1S/C8H12O6/c1-2-3-4(6(9)10)5(7(11)12)8(13)14/h4-5H,2-3H2,1H3,(H,9,10)(H,11,12)(H,13,14)/t4-/m1/s1. The quantitative estimate of drug-likeness (QED) is 0.535. The molecule has 0 radical (unpaired) electrons. The van der Waals surface area contributed by atoms with Gasteiger partial charge in [-0.05, 0) is 6.42 Å². The second kappa shape index (κ2) is 5.21. The van der Waals surface area contributed by atoms with E-state index in [4.69, 9.17) is 15.3 Å². The fraction of sp³-hybridized carbons (Fsp3) is 0.625. The predicted octanol–water partition coefficient (Wildman–Crippen LogP) is 0.273. The summed E-state index contributed by atoms with van der Waals surface area (Å²) in [4.78, 5) is 31.6. The van der Waals surface area contributed by atoms with Gasteiger partial charge in [0, 0.05) is 0 Å². The Morgan fingerprint density at radius 1 is 1.00 bits per heavy atom. The van der Waals surface area contributed by atoms with Crippen LogP contribution in [0.2, 0.25) is 0 Å². The van der Waals surface area contributed by atoms with Gasteiger partial charge in [0.15, 0.2) is 5.92 Å². The highest BCUT2D eigenvalue weighted by Gasteiger charge is 2.38. The lowest BCUT2D eigenvalue weighted by Gasteiger charge is -2.15. The van der Waals surface area contributed by atoms with E-state index in [9.17, 15) is 14.4 Å². The van der Waals surface area contributed by atoms with Crippen molar-refractivity contribution in [1.29, 1.82) is 0 Å². The molecule has 0 saturated carbocycles. The number of hydrogen-bond acceptors (Lipinski definition) is 3. The first-order valence-corrected chi connectivity index (χ1v) is 4.10. The zero-order chi connectivity index (χ0) is 11.3. The number of carboxylic acids is 3. The average Bonchev–Trinajstić information content (AvgIpc) is 2.01. The lowest BCUT2D eigenvalue weighted by molar-refractivity contribution is -0.164. The first-order valence-electron chi connectivity index (χ1n) is 4.10. The summed E-state index contributed by atoms with van der Waals surface area (Å²) in [7, 11) is 0. The Bertz CT molecular complexity index is 232. The van der Waals surface area contributed by atoms with Crippen molar-refractivity contribution in [2.45, 2.75) is 19.8 Å². The molecule has 0 aliphatic rings. The summed E-state index contributed by atoms with van der Waals surface area (Å²) in [5.41, 5.74) is 0. The van der Waals surface area contributed by atoms with Gasteiger partial charge < -0.3 is 15.3 Å². The molecule has 0 aliphatic carbocycles. The average molecular weight is 204 g/mol. The molecule has 0 saturated heterocycles. The number of carboxylic acid groups (broad SMARTS) is 3. The van der Waals surface area contributed by atoms with E-state index in [1.54, 1.807) is 6.92 Å². The van der Waals surface area contributed by atoms with Crippen molar-refractivity contribution in [1.82, 2.24) is 0 Å². The maximum atomic E-state index is 10.6. The highest BCUT2D eigenvalue weighted by Crippen LogP contribution is 2.19. The minimum atomic E-state index is -1.87. The lowest BCUT2D eigenvalue weighted by Crippen LogP contribution is -2.35. The van der Waals surface area contributed by atoms with Gasteiger partial charge in [-0.25, -0.2) is 0 Å². The van der Waals surface area contributed by atoms with Crippen LogP contribution in [0.4, 0.5) is 0 Å². The third-order valence-electron chi connectivity index (χ3n) is 1.85. The van der Waals surface area contributed by atoms with Crippen molar-refractivity contribution in [3.8, 4) is 0 Å². The number of rotatable bonds is 6. The van der Waals surface area contributed by atoms with E-state index >= 15 is 0 Å². The molecule has 0 aromatic carbocycles. The molecule has 0 aliphatic heterocycles. The molecule has 0 bridgehead atoms. The van der Waals surface area contributed by atoms with E-state index in [1.807, 2.05) is 0 Å². The molecule has 3 N–H and O–H groups in total. The van der Waals surface area contributed by atoms with Crippen LogP contribution >= 0.6 is 0 Å². The van der Waals surface area contributed by atoms with Crippen molar-refractivity contribution in [3.05, 3.63) is 0 Å². The van der Waals surface area contributed by atoms with Gasteiger partial charge in [-0.15, -0.1) is 0 Å². The zero-order valence-corrected chi connectivity index (χ0v) is 7.64. The van der Waals surface area contributed by atoms with Gasteiger partial charge >= 0.3 is 17.9 Å². The van der Waals surface area contributed by atoms with E-state index < -0.39 is 29.7 Å². The van der Waals surface area contributed by atoms with Gasteiger partial charge in [-0.2, -0.15) is 0 Å². The van der Waals surface area contributed by atoms with Gasteiger partial charge in [-0.3, -0.25) is 14.4 Å². The molecule has 0 amide bonds. The summed E-state index contributed by atoms with van der Waals surface area (Å²) in [6.07, 6.45) is 0.465. The summed E-state index contributed by atoms with van der Waals surface area (Å²) in [6, 6.07) is 0. The Morgan fingerprint density at radius 2 is 1.43 bits per heavy atom. The Morgan fingerprint density at radius 3 is 1.64 bits per heavy atom. The van der Waals surface area contributed by atoms with Gasteiger partial charge in [0.05, 0.1) is 5.92 Å². The Kier molecular flexibility index (Phi) is 4.62. The molecule has 14 heavy (non-hydrogen) atoms. The van der Waals surface area contributed by atoms with Crippen LogP contribution in [0.15, 0.2) is 0 Å². The van der Waals surface area contributed by atoms with Gasteiger partial charge in [0.2, 0.25) is 0 Å². The molecule has 0 heterocycles. The van der Waals surface area contributed by atoms with Crippen molar-refractivity contribution in [3.63, 3.8) is 0 Å². The van der Waals surface area contributed by atoms with Crippen molar-refractivity contribution in [2.75, 3.05) is 0 Å². The molecule has 6 heteroatoms. The molecule has 0 fully saturated rings. The number of carbonyl (C=O) groups is 3. The smallest absolute Gasteiger partial charge is 0.318 e. The van der Waals surface area contributed by atoms with Crippen molar-refractivity contribution < 1.29 is 29.7 Å². The SMILES string of the molecule is CCC[C@@H](C(=O)O)C(C(=O)O)C(=O)O. The molecule has 0 rings (SSSR count). The molecule has 0 aromatic heterocycles. The summed E-state index contributed by atoms with van der Waals surface area (Å²) < 4.78 is 0. The third-order valence-corrected chi connectivity index (χ3v) is 1.85. The van der Waals surface area contributed by atoms with Crippen LogP contribution in [-0.2, 0) is 14.4 Å². The fourth-order valence-electron chi connectivity index (χ4n) is 1.19. The van der Waals surface area contributed by atoms with Crippen LogP contribution in [0, 0.1) is 11.8 Å². The van der Waals surface area contributed by atoms with Crippen LogP contribution in [0.3, 0.4) is 0 Å². The highest BCUT2D eigenvalue weighted by atomic mass is 16.4. The lowest BCUT2D eigenvalue weighted by atomic mass is 9.89. The molecule has 0 aromatic rings. The molecule has 0 spiro atoms. The van der Waals surface area contributed by atoms with E-state index in [2.05, 4.69) is 0 Å². The van der Waals surface area contributed by atoms with E-state index in [0.717, 1.165) is 0 Å². The third kappa shape index (κ3) is 3.04. The van der Waals surface area contributed by atoms with Crippen LogP contribution in [0.25, 0.3) is 0 Å². The van der Waals surface area contributed by atoms with Crippen molar-refractivity contribution in [2.24, 2.45) is 11.8 Å². The van der Waals surface area contributed by atoms with Crippen LogP contribution < -0.4 is 0 Å². The Balaban J connectivity index is 4.82. The maximum absolute atomic E-state index is 10.6. The fourth-order valence-corrected chi connectivity index (χ4v) is 1.19. The first-order chi connectivity index (χ1) is 6.41. The topological polar surface area (TPSA) is 112 Å². The molecular formula is C8H12O6. The monoisotopic (exact) mass is 204 g/mol. The minimum absolute atomic E-state index is 0.0403. The zero-order valence-electron chi connectivity index (χ0n) is 7.64. The number of aliphatic carboxylic acids is 3. The van der Waals surface area contributed by atoms with Gasteiger partial charge in [-0.1, -0.05) is 13.3 Å². The van der Waals surface area contributed by atoms with E-state index in [1.165, 1.54) is 0 Å². The summed E-state index contributed by atoms with van der Waals surface area (Å²) >= 11 is 0. The molecule has 0 unspecified atom stereocenters. The first kappa shape index (κ1) is 12.4.